The fourth-order valence-corrected chi connectivity index (χ4v) is 3.07. The Morgan fingerprint density at radius 1 is 1.38 bits per heavy atom. The molecule has 182 valence electrons. The summed E-state index contributed by atoms with van der Waals surface area (Å²) in [5.74, 6) is -2.48. The number of carboxylic acids is 1. The zero-order chi connectivity index (χ0) is 24.6. The predicted octanol–water partition coefficient (Wildman–Crippen LogP) is 2.55. The van der Waals surface area contributed by atoms with Gasteiger partial charge in [-0.25, -0.2) is 4.79 Å². The predicted molar refractivity (Wildman–Crippen MR) is 108 cm³/mol. The van der Waals surface area contributed by atoms with E-state index in [9.17, 15) is 23.1 Å². The van der Waals surface area contributed by atoms with Gasteiger partial charge in [-0.1, -0.05) is 19.0 Å². The summed E-state index contributed by atoms with van der Waals surface area (Å²) in [5, 5.41) is 23.7. The molecule has 1 amide bonds. The number of nitrogens with zero attached hydrogens (tertiary/aromatic N) is 1. The largest absolute Gasteiger partial charge is 0.490 e. The number of nitrogens with two attached hydrogens (primary N) is 1. The maximum Gasteiger partial charge on any atom is 0.490 e. The zero-order valence-corrected chi connectivity index (χ0v) is 18.3. The summed E-state index contributed by atoms with van der Waals surface area (Å²) in [6, 6.07) is 1.14. The molecule has 1 unspecified atom stereocenters. The van der Waals surface area contributed by atoms with Crippen molar-refractivity contribution in [3.8, 4) is 0 Å². The van der Waals surface area contributed by atoms with Crippen molar-refractivity contribution >= 4 is 17.4 Å². The molecule has 1 aromatic heterocycles. The lowest BCUT2D eigenvalue weighted by Crippen LogP contribution is -2.56. The molecule has 0 radical (unpaired) electrons. The van der Waals surface area contributed by atoms with Crippen LogP contribution in [0.2, 0.25) is 0 Å². The SMILES string of the molecule is CCC(CC)O[C@@H]1C=C(c2cc(C(C)O)on2)C[C@H](N)[C@H]1NC(C)=O.O=C(O)C(F)(F)F. The molecule has 0 saturated carbocycles. The third-order valence-corrected chi connectivity index (χ3v) is 4.78. The highest BCUT2D eigenvalue weighted by molar-refractivity contribution is 5.74. The van der Waals surface area contributed by atoms with Crippen LogP contribution in [0.5, 0.6) is 0 Å². The van der Waals surface area contributed by atoms with E-state index in [2.05, 4.69) is 24.3 Å². The van der Waals surface area contributed by atoms with Crippen molar-refractivity contribution in [2.24, 2.45) is 5.73 Å². The number of carboxylic acid groups (broad SMARTS) is 1. The van der Waals surface area contributed by atoms with E-state index in [1.165, 1.54) is 6.92 Å². The minimum atomic E-state index is -5.08. The van der Waals surface area contributed by atoms with Gasteiger partial charge in [0.05, 0.1) is 18.2 Å². The highest BCUT2D eigenvalue weighted by Gasteiger charge is 2.38. The van der Waals surface area contributed by atoms with Gasteiger partial charge >= 0.3 is 12.1 Å². The van der Waals surface area contributed by atoms with Crippen LogP contribution in [0, 0.1) is 0 Å². The first kappa shape index (κ1) is 27.6. The van der Waals surface area contributed by atoms with Gasteiger partial charge in [-0.15, -0.1) is 0 Å². The van der Waals surface area contributed by atoms with Crippen LogP contribution in [0.1, 0.15) is 64.5 Å². The van der Waals surface area contributed by atoms with E-state index in [1.54, 1.807) is 13.0 Å². The molecule has 4 atom stereocenters. The molecule has 1 aliphatic carbocycles. The van der Waals surface area contributed by atoms with Crippen LogP contribution in [0.25, 0.3) is 5.57 Å². The Bertz CT molecular complexity index is 790. The Hall–Kier alpha value is -2.44. The lowest BCUT2D eigenvalue weighted by Gasteiger charge is -2.36. The van der Waals surface area contributed by atoms with Crippen LogP contribution in [-0.4, -0.2) is 57.7 Å². The summed E-state index contributed by atoms with van der Waals surface area (Å²) in [4.78, 5) is 20.5. The smallest absolute Gasteiger partial charge is 0.475 e. The number of carbonyl (C=O) groups excluding carboxylic acids is 1. The third-order valence-electron chi connectivity index (χ3n) is 4.78. The lowest BCUT2D eigenvalue weighted by molar-refractivity contribution is -0.192. The highest BCUT2D eigenvalue weighted by atomic mass is 19.4. The molecule has 1 aromatic rings. The van der Waals surface area contributed by atoms with Crippen molar-refractivity contribution in [2.75, 3.05) is 0 Å². The first-order chi connectivity index (χ1) is 14.8. The van der Waals surface area contributed by atoms with Gasteiger partial charge in [0.15, 0.2) is 5.76 Å². The Balaban J connectivity index is 0.000000633. The number of carbonyl (C=O) groups is 2. The van der Waals surface area contributed by atoms with Crippen molar-refractivity contribution in [2.45, 2.75) is 83.5 Å². The number of nitrogens with one attached hydrogen (secondary N) is 1. The monoisotopic (exact) mass is 465 g/mol. The number of aliphatic carboxylic acids is 1. The van der Waals surface area contributed by atoms with Crippen molar-refractivity contribution in [3.05, 3.63) is 23.6 Å². The van der Waals surface area contributed by atoms with Crippen LogP contribution in [0.3, 0.4) is 0 Å². The Morgan fingerprint density at radius 2 is 1.94 bits per heavy atom. The number of ether oxygens (including phenoxy) is 1. The summed E-state index contributed by atoms with van der Waals surface area (Å²) in [6.45, 7) is 7.24. The van der Waals surface area contributed by atoms with Crippen molar-refractivity contribution in [3.63, 3.8) is 0 Å². The van der Waals surface area contributed by atoms with E-state index in [0.717, 1.165) is 18.4 Å². The Kier molecular flexibility index (Phi) is 10.3. The maximum absolute atomic E-state index is 11.6. The van der Waals surface area contributed by atoms with Gasteiger partial charge in [-0.2, -0.15) is 13.2 Å². The summed E-state index contributed by atoms with van der Waals surface area (Å²) in [6.07, 6.45) is -1.77. The number of rotatable bonds is 7. The minimum Gasteiger partial charge on any atom is -0.475 e. The second kappa shape index (κ2) is 12.0. The number of hydrogen-bond donors (Lipinski definition) is 4. The standard InChI is InChI=1S/C18H29N3O4.C2HF3O2/c1-5-13(6-2)24-17-8-12(7-14(19)18(17)20-11(4)23)15-9-16(10(3)22)25-21-15;3-2(4,5)1(6)7/h8-10,13-14,17-18,22H,5-7,19H2,1-4H3,(H,20,23);(H,6,7)/t10?,14-,17+,18+;/m0./s1. The average molecular weight is 465 g/mol. The minimum absolute atomic E-state index is 0.0920. The van der Waals surface area contributed by atoms with Gasteiger partial charge in [0, 0.05) is 19.0 Å². The van der Waals surface area contributed by atoms with Crippen molar-refractivity contribution in [1.29, 1.82) is 0 Å². The van der Waals surface area contributed by atoms with Gasteiger partial charge in [0.25, 0.3) is 0 Å². The van der Waals surface area contributed by atoms with Crippen LogP contribution >= 0.6 is 0 Å². The Morgan fingerprint density at radius 3 is 2.34 bits per heavy atom. The fourth-order valence-electron chi connectivity index (χ4n) is 3.07. The second-order valence-corrected chi connectivity index (χ2v) is 7.42. The second-order valence-electron chi connectivity index (χ2n) is 7.42. The molecule has 2 rings (SSSR count). The number of aromatic nitrogens is 1. The number of aliphatic hydroxyl groups excluding tert-OH is 1. The van der Waals surface area contributed by atoms with E-state index in [0.29, 0.717) is 17.9 Å². The zero-order valence-electron chi connectivity index (χ0n) is 18.3. The molecule has 0 bridgehead atoms. The molecule has 0 spiro atoms. The summed E-state index contributed by atoms with van der Waals surface area (Å²) >= 11 is 0. The number of amides is 1. The molecule has 0 aliphatic heterocycles. The first-order valence-corrected chi connectivity index (χ1v) is 10.1. The van der Waals surface area contributed by atoms with E-state index in [1.807, 2.05) is 6.08 Å². The molecular formula is C20H30F3N3O6. The van der Waals surface area contributed by atoms with E-state index in [4.69, 9.17) is 24.9 Å². The number of alkyl halides is 3. The van der Waals surface area contributed by atoms with Crippen molar-refractivity contribution in [1.82, 2.24) is 10.5 Å². The van der Waals surface area contributed by atoms with Gasteiger partial charge in [0.2, 0.25) is 5.91 Å². The van der Waals surface area contributed by atoms with Crippen molar-refractivity contribution < 1.29 is 42.2 Å². The molecule has 1 aliphatic rings. The average Bonchev–Trinajstić information content (AvgIpc) is 3.18. The van der Waals surface area contributed by atoms with Gasteiger partial charge in [-0.3, -0.25) is 4.79 Å². The summed E-state index contributed by atoms with van der Waals surface area (Å²) in [7, 11) is 0. The third kappa shape index (κ3) is 8.24. The van der Waals surface area contributed by atoms with Crippen LogP contribution in [0.4, 0.5) is 13.2 Å². The molecule has 0 saturated heterocycles. The van der Waals surface area contributed by atoms with Gasteiger partial charge in [0.1, 0.15) is 11.8 Å². The summed E-state index contributed by atoms with van der Waals surface area (Å²) < 4.78 is 43.1. The summed E-state index contributed by atoms with van der Waals surface area (Å²) in [5.41, 5.74) is 7.87. The van der Waals surface area contributed by atoms with Gasteiger partial charge < -0.3 is 30.5 Å². The molecule has 32 heavy (non-hydrogen) atoms. The lowest BCUT2D eigenvalue weighted by atomic mass is 9.86. The molecule has 1 heterocycles. The maximum atomic E-state index is 11.6. The fraction of sp³-hybridized carbons (Fsp3) is 0.650. The molecule has 12 heteroatoms. The van der Waals surface area contributed by atoms with E-state index < -0.39 is 18.2 Å². The number of hydrogen-bond acceptors (Lipinski definition) is 7. The van der Waals surface area contributed by atoms with Gasteiger partial charge in [-0.05, 0) is 37.8 Å². The number of halogens is 3. The van der Waals surface area contributed by atoms with E-state index >= 15 is 0 Å². The first-order valence-electron chi connectivity index (χ1n) is 10.1. The Labute approximate surface area is 183 Å². The molecule has 0 aromatic carbocycles. The van der Waals surface area contributed by atoms with Crippen LogP contribution < -0.4 is 11.1 Å². The normalized spacial score (nSPS) is 21.9. The molecule has 0 fully saturated rings. The molecule has 9 nitrogen and oxygen atoms in total. The number of aliphatic hydroxyl groups is 1. The van der Waals surface area contributed by atoms with Crippen LogP contribution in [0.15, 0.2) is 16.7 Å². The molecule has 5 N–H and O–H groups in total. The molecular weight excluding hydrogens is 435 g/mol. The topological polar surface area (TPSA) is 148 Å². The van der Waals surface area contributed by atoms with Crippen LogP contribution in [-0.2, 0) is 14.3 Å². The quantitative estimate of drug-likeness (QED) is 0.480. The van der Waals surface area contributed by atoms with E-state index in [-0.39, 0.29) is 30.2 Å². The highest BCUT2D eigenvalue weighted by Crippen LogP contribution is 2.30.